The molecule has 1 atom stereocenters. The molecule has 0 fully saturated rings. The molecule has 3 aromatic rings. The SMILES string of the molecule is CCCCCN(C)CCCCOc1ccc(C2Oc3cc(O)ccc3C(C(F)(F)F)=C2c2ccc(O)cc2)cc1. The van der Waals surface area contributed by atoms with E-state index >= 15 is 0 Å². The molecule has 0 radical (unpaired) electrons. The zero-order chi connectivity index (χ0) is 28.7. The van der Waals surface area contributed by atoms with Gasteiger partial charge in [0.25, 0.3) is 0 Å². The minimum atomic E-state index is -4.70. The van der Waals surface area contributed by atoms with Crippen LogP contribution in [0, 0.1) is 0 Å². The Kier molecular flexibility index (Phi) is 9.63. The van der Waals surface area contributed by atoms with Crippen molar-refractivity contribution < 1.29 is 32.9 Å². The lowest BCUT2D eigenvalue weighted by Crippen LogP contribution is -2.23. The quantitative estimate of drug-likeness (QED) is 0.222. The summed E-state index contributed by atoms with van der Waals surface area (Å²) >= 11 is 0. The smallest absolute Gasteiger partial charge is 0.417 e. The Hall–Kier alpha value is -3.65. The molecular weight excluding hydrogens is 519 g/mol. The number of rotatable bonds is 12. The third-order valence-electron chi connectivity index (χ3n) is 7.00. The van der Waals surface area contributed by atoms with Crippen LogP contribution in [0.15, 0.2) is 66.7 Å². The van der Waals surface area contributed by atoms with Crippen molar-refractivity contribution in [3.05, 3.63) is 83.4 Å². The maximum absolute atomic E-state index is 14.6. The van der Waals surface area contributed by atoms with Crippen molar-refractivity contribution in [1.29, 1.82) is 0 Å². The van der Waals surface area contributed by atoms with Crippen molar-refractivity contribution in [3.8, 4) is 23.0 Å². The van der Waals surface area contributed by atoms with Gasteiger partial charge in [0.15, 0.2) is 6.10 Å². The van der Waals surface area contributed by atoms with E-state index in [4.69, 9.17) is 9.47 Å². The molecule has 0 aliphatic carbocycles. The topological polar surface area (TPSA) is 62.2 Å². The highest BCUT2D eigenvalue weighted by Crippen LogP contribution is 2.53. The van der Waals surface area contributed by atoms with E-state index < -0.39 is 17.9 Å². The molecule has 0 spiro atoms. The number of nitrogens with zero attached hydrogens (tertiary/aromatic N) is 1. The van der Waals surface area contributed by atoms with E-state index in [0.717, 1.165) is 25.9 Å². The number of ether oxygens (including phenoxy) is 2. The first-order chi connectivity index (χ1) is 19.2. The Morgan fingerprint density at radius 2 is 1.50 bits per heavy atom. The number of unbranched alkanes of at least 4 members (excludes halogenated alkanes) is 3. The van der Waals surface area contributed by atoms with Gasteiger partial charge < -0.3 is 24.6 Å². The van der Waals surface area contributed by atoms with Gasteiger partial charge >= 0.3 is 6.18 Å². The highest BCUT2D eigenvalue weighted by Gasteiger charge is 2.44. The predicted octanol–water partition coefficient (Wildman–Crippen LogP) is 7.99. The van der Waals surface area contributed by atoms with E-state index in [1.807, 2.05) is 0 Å². The Morgan fingerprint density at radius 1 is 0.850 bits per heavy atom. The molecule has 4 rings (SSSR count). The van der Waals surface area contributed by atoms with E-state index in [-0.39, 0.29) is 33.9 Å². The Morgan fingerprint density at radius 3 is 2.15 bits per heavy atom. The third-order valence-corrected chi connectivity index (χ3v) is 7.00. The number of hydrogen-bond acceptors (Lipinski definition) is 5. The summed E-state index contributed by atoms with van der Waals surface area (Å²) in [5, 5.41) is 19.7. The number of phenols is 2. The standard InChI is InChI=1S/C32H36F3NO4/c1-3-4-5-18-36(2)19-6-7-20-39-26-15-10-23(11-16-26)31-29(22-8-12-24(37)13-9-22)30(32(33,34)35)27-17-14-25(38)21-28(27)40-31/h8-17,21,31,37-38H,3-7,18-20H2,1-2H3. The predicted molar refractivity (Wildman–Crippen MR) is 151 cm³/mol. The van der Waals surface area contributed by atoms with Crippen LogP contribution in [0.1, 0.15) is 61.8 Å². The molecule has 1 aliphatic rings. The zero-order valence-corrected chi connectivity index (χ0v) is 22.9. The Balaban J connectivity index is 1.54. The molecule has 8 heteroatoms. The average molecular weight is 556 g/mol. The first-order valence-electron chi connectivity index (χ1n) is 13.7. The molecule has 0 saturated heterocycles. The molecule has 40 heavy (non-hydrogen) atoms. The van der Waals surface area contributed by atoms with Gasteiger partial charge in [-0.05, 0) is 86.9 Å². The number of fused-ring (bicyclic) bond motifs is 1. The second kappa shape index (κ2) is 13.1. The summed E-state index contributed by atoms with van der Waals surface area (Å²) in [5.41, 5.74) is -0.291. The second-order valence-corrected chi connectivity index (χ2v) is 10.1. The van der Waals surface area contributed by atoms with Crippen molar-refractivity contribution in [2.45, 2.75) is 51.3 Å². The van der Waals surface area contributed by atoms with Crippen LogP contribution in [0.4, 0.5) is 13.2 Å². The number of alkyl halides is 3. The van der Waals surface area contributed by atoms with Crippen LogP contribution in [0.2, 0.25) is 0 Å². The molecule has 0 amide bonds. The van der Waals surface area contributed by atoms with E-state index in [1.165, 1.54) is 61.7 Å². The number of hydrogen-bond donors (Lipinski definition) is 2. The summed E-state index contributed by atoms with van der Waals surface area (Å²) in [6, 6.07) is 16.1. The van der Waals surface area contributed by atoms with E-state index in [9.17, 15) is 23.4 Å². The average Bonchev–Trinajstić information content (AvgIpc) is 2.92. The van der Waals surface area contributed by atoms with Crippen molar-refractivity contribution in [2.75, 3.05) is 26.7 Å². The molecule has 1 unspecified atom stereocenters. The molecule has 214 valence electrons. The van der Waals surface area contributed by atoms with Crippen LogP contribution in [-0.4, -0.2) is 48.0 Å². The van der Waals surface area contributed by atoms with Crippen LogP contribution < -0.4 is 9.47 Å². The van der Waals surface area contributed by atoms with Gasteiger partial charge in [0.05, 0.1) is 12.2 Å². The molecule has 0 saturated carbocycles. The lowest BCUT2D eigenvalue weighted by Gasteiger charge is -2.33. The Labute approximate surface area is 233 Å². The first kappa shape index (κ1) is 29.3. The summed E-state index contributed by atoms with van der Waals surface area (Å²) in [7, 11) is 2.13. The van der Waals surface area contributed by atoms with Crippen LogP contribution in [0.25, 0.3) is 11.1 Å². The summed E-state index contributed by atoms with van der Waals surface area (Å²) in [6.07, 6.45) is -0.225. The molecule has 3 aromatic carbocycles. The fourth-order valence-corrected chi connectivity index (χ4v) is 4.91. The van der Waals surface area contributed by atoms with Crippen LogP contribution >= 0.6 is 0 Å². The summed E-state index contributed by atoms with van der Waals surface area (Å²) in [4.78, 5) is 2.33. The fraction of sp³-hybridized carbons (Fsp3) is 0.375. The number of aromatic hydroxyl groups is 2. The van der Waals surface area contributed by atoms with Crippen LogP contribution in [0.5, 0.6) is 23.0 Å². The van der Waals surface area contributed by atoms with Gasteiger partial charge in [-0.15, -0.1) is 0 Å². The largest absolute Gasteiger partial charge is 0.508 e. The van der Waals surface area contributed by atoms with E-state index in [2.05, 4.69) is 18.9 Å². The van der Waals surface area contributed by atoms with E-state index in [0.29, 0.717) is 17.9 Å². The lowest BCUT2D eigenvalue weighted by molar-refractivity contribution is -0.0695. The minimum Gasteiger partial charge on any atom is -0.508 e. The first-order valence-corrected chi connectivity index (χ1v) is 13.7. The van der Waals surface area contributed by atoms with Crippen molar-refractivity contribution >= 4 is 11.1 Å². The molecule has 2 N–H and O–H groups in total. The van der Waals surface area contributed by atoms with Crippen molar-refractivity contribution in [3.63, 3.8) is 0 Å². The second-order valence-electron chi connectivity index (χ2n) is 10.1. The third kappa shape index (κ3) is 7.30. The van der Waals surface area contributed by atoms with Crippen molar-refractivity contribution in [2.24, 2.45) is 0 Å². The van der Waals surface area contributed by atoms with Gasteiger partial charge in [-0.1, -0.05) is 44.0 Å². The Bertz CT molecular complexity index is 1290. The van der Waals surface area contributed by atoms with Gasteiger partial charge in [0, 0.05) is 17.2 Å². The highest BCUT2D eigenvalue weighted by molar-refractivity contribution is 5.98. The van der Waals surface area contributed by atoms with Gasteiger partial charge in [0.1, 0.15) is 23.0 Å². The summed E-state index contributed by atoms with van der Waals surface area (Å²) in [5.74, 6) is 0.323. The monoisotopic (exact) mass is 555 g/mol. The normalized spacial score (nSPS) is 15.2. The molecule has 0 bridgehead atoms. The summed E-state index contributed by atoms with van der Waals surface area (Å²) in [6.45, 7) is 4.85. The number of halogens is 3. The molecular formula is C32H36F3NO4. The number of benzene rings is 3. The summed E-state index contributed by atoms with van der Waals surface area (Å²) < 4.78 is 55.7. The van der Waals surface area contributed by atoms with Gasteiger partial charge in [0.2, 0.25) is 0 Å². The number of allylic oxidation sites excluding steroid dienone is 1. The van der Waals surface area contributed by atoms with Crippen molar-refractivity contribution in [1.82, 2.24) is 4.90 Å². The van der Waals surface area contributed by atoms with Crippen LogP contribution in [0.3, 0.4) is 0 Å². The molecule has 1 heterocycles. The lowest BCUT2D eigenvalue weighted by atomic mass is 9.85. The van der Waals surface area contributed by atoms with Gasteiger partial charge in [-0.25, -0.2) is 0 Å². The maximum Gasteiger partial charge on any atom is 0.417 e. The fourth-order valence-electron chi connectivity index (χ4n) is 4.91. The molecule has 0 aromatic heterocycles. The highest BCUT2D eigenvalue weighted by atomic mass is 19.4. The zero-order valence-electron chi connectivity index (χ0n) is 22.9. The van der Waals surface area contributed by atoms with Gasteiger partial charge in [-0.2, -0.15) is 13.2 Å². The molecule has 5 nitrogen and oxygen atoms in total. The van der Waals surface area contributed by atoms with Gasteiger partial charge in [-0.3, -0.25) is 0 Å². The van der Waals surface area contributed by atoms with Crippen LogP contribution in [-0.2, 0) is 0 Å². The number of phenolic OH excluding ortho intramolecular Hbond substituents is 2. The minimum absolute atomic E-state index is 0.0545. The maximum atomic E-state index is 14.6. The van der Waals surface area contributed by atoms with E-state index in [1.54, 1.807) is 24.3 Å². The molecule has 1 aliphatic heterocycles.